The van der Waals surface area contributed by atoms with Crippen molar-refractivity contribution < 1.29 is 9.53 Å². The highest BCUT2D eigenvalue weighted by molar-refractivity contribution is 5.91. The molecule has 0 radical (unpaired) electrons. The van der Waals surface area contributed by atoms with Crippen LogP contribution in [0.25, 0.3) is 22.2 Å². The topological polar surface area (TPSA) is 102 Å². The van der Waals surface area contributed by atoms with E-state index < -0.39 is 0 Å². The van der Waals surface area contributed by atoms with Crippen molar-refractivity contribution in [3.63, 3.8) is 0 Å². The fraction of sp³-hybridized carbons (Fsp3) is 0.208. The van der Waals surface area contributed by atoms with Crippen molar-refractivity contribution in [3.8, 4) is 11.3 Å². The number of nitrogens with one attached hydrogen (secondary N) is 1. The van der Waals surface area contributed by atoms with Gasteiger partial charge in [0.1, 0.15) is 6.54 Å². The summed E-state index contributed by atoms with van der Waals surface area (Å²) in [7, 11) is 0. The molecule has 1 amide bonds. The van der Waals surface area contributed by atoms with Crippen molar-refractivity contribution in [1.29, 1.82) is 0 Å². The van der Waals surface area contributed by atoms with Gasteiger partial charge in [-0.1, -0.05) is 24.3 Å². The molecule has 0 aliphatic carbocycles. The molecule has 1 N–H and O–H groups in total. The lowest BCUT2D eigenvalue weighted by molar-refractivity contribution is -0.116. The fourth-order valence-corrected chi connectivity index (χ4v) is 3.77. The Hall–Kier alpha value is -4.11. The van der Waals surface area contributed by atoms with Gasteiger partial charge in [-0.25, -0.2) is 4.98 Å². The molecular weight excluding hydrogens is 420 g/mol. The molecule has 0 spiro atoms. The van der Waals surface area contributed by atoms with Crippen LogP contribution in [0.4, 0.5) is 11.5 Å². The van der Waals surface area contributed by atoms with Crippen LogP contribution in [0.3, 0.4) is 0 Å². The molecule has 1 fully saturated rings. The average molecular weight is 442 g/mol. The summed E-state index contributed by atoms with van der Waals surface area (Å²) < 4.78 is 6.68. The number of para-hydroxylation sites is 1. The third-order valence-corrected chi connectivity index (χ3v) is 5.47. The standard InChI is InChI=1S/C24H22N6O3/c31-23(15-30-16-25-21-7-2-1-6-19(21)24(30)32)26-18-5-3-4-17(14-18)20-8-9-22(28-27-20)29-10-12-33-13-11-29/h1-9,14,16H,10-13,15H2,(H,26,31). The molecule has 5 rings (SSSR count). The molecule has 9 nitrogen and oxygen atoms in total. The van der Waals surface area contributed by atoms with Gasteiger partial charge in [-0.2, -0.15) is 0 Å². The van der Waals surface area contributed by atoms with Gasteiger partial charge in [0, 0.05) is 24.3 Å². The van der Waals surface area contributed by atoms with Crippen LogP contribution in [0.15, 0.2) is 71.8 Å². The number of ether oxygens (including phenoxy) is 1. The number of hydrogen-bond acceptors (Lipinski definition) is 7. The molecule has 0 atom stereocenters. The minimum Gasteiger partial charge on any atom is -0.378 e. The molecule has 166 valence electrons. The molecule has 2 aromatic heterocycles. The summed E-state index contributed by atoms with van der Waals surface area (Å²) >= 11 is 0. The molecule has 1 aliphatic heterocycles. The van der Waals surface area contributed by atoms with Gasteiger partial charge in [0.2, 0.25) is 5.91 Å². The second-order valence-corrected chi connectivity index (χ2v) is 7.70. The Bertz CT molecular complexity index is 1350. The fourth-order valence-electron chi connectivity index (χ4n) is 3.77. The Labute approximate surface area is 189 Å². The first kappa shape index (κ1) is 20.8. The first-order valence-corrected chi connectivity index (χ1v) is 10.7. The van der Waals surface area contributed by atoms with Gasteiger partial charge in [-0.05, 0) is 36.4 Å². The van der Waals surface area contributed by atoms with E-state index in [0.717, 1.165) is 24.5 Å². The lowest BCUT2D eigenvalue weighted by Crippen LogP contribution is -2.36. The number of carbonyl (C=O) groups excluding carboxylic acids is 1. The molecule has 33 heavy (non-hydrogen) atoms. The second kappa shape index (κ2) is 9.17. The van der Waals surface area contributed by atoms with E-state index in [1.54, 1.807) is 24.3 Å². The van der Waals surface area contributed by atoms with Crippen molar-refractivity contribution >= 4 is 28.3 Å². The number of morpholine rings is 1. The zero-order chi connectivity index (χ0) is 22.6. The summed E-state index contributed by atoms with van der Waals surface area (Å²) in [5.74, 6) is 0.501. The average Bonchev–Trinajstić information content (AvgIpc) is 2.87. The van der Waals surface area contributed by atoms with Crippen molar-refractivity contribution in [2.75, 3.05) is 36.5 Å². The number of aromatic nitrogens is 4. The minimum absolute atomic E-state index is 0.130. The van der Waals surface area contributed by atoms with Crippen molar-refractivity contribution in [2.24, 2.45) is 0 Å². The van der Waals surface area contributed by atoms with Crippen LogP contribution < -0.4 is 15.8 Å². The first-order valence-electron chi connectivity index (χ1n) is 10.7. The minimum atomic E-state index is -0.319. The van der Waals surface area contributed by atoms with Crippen LogP contribution in [0.5, 0.6) is 0 Å². The number of amides is 1. The highest BCUT2D eigenvalue weighted by Crippen LogP contribution is 2.22. The number of nitrogens with zero attached hydrogens (tertiary/aromatic N) is 5. The SMILES string of the molecule is O=C(Cn1cnc2ccccc2c1=O)Nc1cccc(-c2ccc(N3CCOCC3)nn2)c1. The number of benzene rings is 2. The lowest BCUT2D eigenvalue weighted by Gasteiger charge is -2.27. The van der Waals surface area contributed by atoms with Crippen molar-refractivity contribution in [2.45, 2.75) is 6.54 Å². The van der Waals surface area contributed by atoms with E-state index in [0.29, 0.717) is 35.5 Å². The van der Waals surface area contributed by atoms with Crippen molar-refractivity contribution in [1.82, 2.24) is 19.7 Å². The van der Waals surface area contributed by atoms with E-state index in [-0.39, 0.29) is 18.0 Å². The van der Waals surface area contributed by atoms with E-state index >= 15 is 0 Å². The number of carbonyl (C=O) groups is 1. The molecule has 2 aromatic carbocycles. The van der Waals surface area contributed by atoms with Gasteiger partial charge in [-0.3, -0.25) is 14.2 Å². The number of fused-ring (bicyclic) bond motifs is 1. The Morgan fingerprint density at radius 1 is 1.00 bits per heavy atom. The maximum absolute atomic E-state index is 12.6. The van der Waals surface area contributed by atoms with Crippen LogP contribution in [0.2, 0.25) is 0 Å². The first-order chi connectivity index (χ1) is 16.2. The quantitative estimate of drug-likeness (QED) is 0.506. The van der Waals surface area contributed by atoms with E-state index in [2.05, 4.69) is 25.4 Å². The molecule has 0 unspecified atom stereocenters. The smallest absolute Gasteiger partial charge is 0.261 e. The Morgan fingerprint density at radius 3 is 2.67 bits per heavy atom. The van der Waals surface area contributed by atoms with E-state index in [1.807, 2.05) is 36.4 Å². The molecule has 1 aliphatic rings. The molecule has 0 bridgehead atoms. The molecule has 0 saturated carbocycles. The molecule has 9 heteroatoms. The van der Waals surface area contributed by atoms with Gasteiger partial charge in [0.05, 0.1) is 36.1 Å². The summed E-state index contributed by atoms with van der Waals surface area (Å²) in [6, 6.07) is 18.3. The van der Waals surface area contributed by atoms with Crippen molar-refractivity contribution in [3.05, 3.63) is 77.3 Å². The van der Waals surface area contributed by atoms with Crippen LogP contribution in [0.1, 0.15) is 0 Å². The predicted molar refractivity (Wildman–Crippen MR) is 125 cm³/mol. The Balaban J connectivity index is 1.29. The van der Waals surface area contributed by atoms with E-state index in [9.17, 15) is 9.59 Å². The lowest BCUT2D eigenvalue weighted by atomic mass is 10.1. The maximum atomic E-state index is 12.6. The maximum Gasteiger partial charge on any atom is 0.261 e. The highest BCUT2D eigenvalue weighted by atomic mass is 16.5. The summed E-state index contributed by atoms with van der Waals surface area (Å²) in [5, 5.41) is 12.0. The zero-order valence-electron chi connectivity index (χ0n) is 17.8. The third kappa shape index (κ3) is 4.58. The summed E-state index contributed by atoms with van der Waals surface area (Å²) in [6.45, 7) is 2.84. The number of rotatable bonds is 5. The largest absolute Gasteiger partial charge is 0.378 e. The molecule has 4 aromatic rings. The third-order valence-electron chi connectivity index (χ3n) is 5.47. The van der Waals surface area contributed by atoms with Gasteiger partial charge >= 0.3 is 0 Å². The second-order valence-electron chi connectivity index (χ2n) is 7.70. The molecule has 3 heterocycles. The number of hydrogen-bond donors (Lipinski definition) is 1. The normalized spacial score (nSPS) is 13.8. The van der Waals surface area contributed by atoms with Crippen LogP contribution in [-0.4, -0.2) is 52.0 Å². The van der Waals surface area contributed by atoms with Gasteiger partial charge in [-0.15, -0.1) is 10.2 Å². The van der Waals surface area contributed by atoms with Gasteiger partial charge in [0.25, 0.3) is 5.56 Å². The van der Waals surface area contributed by atoms with Gasteiger partial charge < -0.3 is 15.0 Å². The van der Waals surface area contributed by atoms with Gasteiger partial charge in [0.15, 0.2) is 5.82 Å². The molecular formula is C24H22N6O3. The zero-order valence-corrected chi connectivity index (χ0v) is 17.8. The Kier molecular flexibility index (Phi) is 5.77. The van der Waals surface area contributed by atoms with Crippen LogP contribution in [-0.2, 0) is 16.1 Å². The van der Waals surface area contributed by atoms with E-state index in [4.69, 9.17) is 4.74 Å². The summed E-state index contributed by atoms with van der Waals surface area (Å²) in [4.78, 5) is 31.6. The highest BCUT2D eigenvalue weighted by Gasteiger charge is 2.13. The summed E-state index contributed by atoms with van der Waals surface area (Å²) in [6.07, 6.45) is 1.40. The van der Waals surface area contributed by atoms with E-state index in [1.165, 1.54) is 10.9 Å². The monoisotopic (exact) mass is 442 g/mol. The predicted octanol–water partition coefficient (Wildman–Crippen LogP) is 2.33. The summed E-state index contributed by atoms with van der Waals surface area (Å²) in [5.41, 5.74) is 2.50. The Morgan fingerprint density at radius 2 is 1.85 bits per heavy atom. The van der Waals surface area contributed by atoms with Crippen LogP contribution in [0, 0.1) is 0 Å². The van der Waals surface area contributed by atoms with Crippen LogP contribution >= 0.6 is 0 Å². The molecule has 1 saturated heterocycles. The number of anilines is 2.